The molecule has 2 N–H and O–H groups in total. The Hall–Kier alpha value is -2.29. The van der Waals surface area contributed by atoms with E-state index in [4.69, 9.17) is 11.0 Å². The van der Waals surface area contributed by atoms with Crippen LogP contribution < -0.4 is 5.73 Å². The zero-order valence-electron chi connectivity index (χ0n) is 11.9. The highest BCUT2D eigenvalue weighted by molar-refractivity contribution is 5.85. The van der Waals surface area contributed by atoms with Crippen LogP contribution in [0.1, 0.15) is 25.0 Å². The van der Waals surface area contributed by atoms with Crippen LogP contribution >= 0.6 is 0 Å². The van der Waals surface area contributed by atoms with E-state index in [1.807, 2.05) is 16.8 Å². The van der Waals surface area contributed by atoms with E-state index in [0.717, 1.165) is 0 Å². The van der Waals surface area contributed by atoms with Gasteiger partial charge in [0.05, 0.1) is 6.42 Å². The molecule has 1 aromatic rings. The second kappa shape index (κ2) is 6.93. The number of rotatable bonds is 5. The monoisotopic (exact) mass is 287 g/mol. The van der Waals surface area contributed by atoms with Crippen molar-refractivity contribution in [3.63, 3.8) is 0 Å². The van der Waals surface area contributed by atoms with Gasteiger partial charge in [-0.1, -0.05) is 0 Å². The third-order valence-corrected chi connectivity index (χ3v) is 3.84. The van der Waals surface area contributed by atoms with Crippen molar-refractivity contribution in [2.75, 3.05) is 13.1 Å². The number of primary amides is 1. The molecule has 21 heavy (non-hydrogen) atoms. The van der Waals surface area contributed by atoms with Gasteiger partial charge in [-0.15, -0.1) is 0 Å². The molecule has 0 aliphatic carbocycles. The summed E-state index contributed by atoms with van der Waals surface area (Å²) < 4.78 is 1.82. The highest BCUT2D eigenvalue weighted by atomic mass is 16.2. The van der Waals surface area contributed by atoms with Gasteiger partial charge >= 0.3 is 0 Å². The fourth-order valence-corrected chi connectivity index (χ4v) is 2.55. The minimum absolute atomic E-state index is 0.0106. The molecule has 0 atom stereocenters. The molecule has 6 nitrogen and oxygen atoms in total. The summed E-state index contributed by atoms with van der Waals surface area (Å²) in [5, 5.41) is 8.90. The largest absolute Gasteiger partial charge is 0.369 e. The Bertz CT molecular complexity index is 550. The number of nitrogens with two attached hydrogens (primary N) is 1. The number of hydrogen-bond donors (Lipinski definition) is 1. The lowest BCUT2D eigenvalue weighted by Crippen LogP contribution is -2.41. The summed E-state index contributed by atoms with van der Waals surface area (Å²) in [6, 6.07) is 5.66. The summed E-state index contributed by atoms with van der Waals surface area (Å²) in [4.78, 5) is 24.9. The van der Waals surface area contributed by atoms with Gasteiger partial charge in [-0.2, -0.15) is 5.26 Å². The van der Waals surface area contributed by atoms with Crippen molar-refractivity contribution >= 4 is 11.8 Å². The van der Waals surface area contributed by atoms with Gasteiger partial charge < -0.3 is 15.2 Å². The molecule has 0 unspecified atom stereocenters. The maximum Gasteiger partial charge on any atom is 0.226 e. The van der Waals surface area contributed by atoms with Crippen molar-refractivity contribution in [3.8, 4) is 6.07 Å². The number of piperidine rings is 1. The fraction of sp³-hybridized carbons (Fsp3) is 0.467. The first-order valence-corrected chi connectivity index (χ1v) is 7.08. The lowest BCUT2D eigenvalue weighted by atomic mass is 9.96. The lowest BCUT2D eigenvalue weighted by molar-refractivity contribution is -0.132. The molecule has 2 amide bonds. The second-order valence-electron chi connectivity index (χ2n) is 5.19. The average molecular weight is 287 g/mol. The van der Waals surface area contributed by atoms with Crippen molar-refractivity contribution < 1.29 is 9.59 Å². The van der Waals surface area contributed by atoms with Gasteiger partial charge in [0.2, 0.25) is 11.8 Å². The highest BCUT2D eigenvalue weighted by Crippen LogP contribution is 2.17. The number of amides is 2. The van der Waals surface area contributed by atoms with Crippen molar-refractivity contribution in [2.24, 2.45) is 11.7 Å². The molecule has 1 aliphatic heterocycles. The van der Waals surface area contributed by atoms with Crippen molar-refractivity contribution in [1.82, 2.24) is 9.47 Å². The molecule has 111 valence electrons. The van der Waals surface area contributed by atoms with Crippen LogP contribution in [0.25, 0.3) is 0 Å². The summed E-state index contributed by atoms with van der Waals surface area (Å²) in [5.74, 6) is -0.390. The molecular formula is C15H19N4O2. The van der Waals surface area contributed by atoms with Crippen LogP contribution in [0.15, 0.2) is 18.3 Å². The third kappa shape index (κ3) is 3.85. The minimum Gasteiger partial charge on any atom is -0.369 e. The van der Waals surface area contributed by atoms with E-state index in [9.17, 15) is 9.59 Å². The molecule has 2 heterocycles. The molecule has 1 saturated heterocycles. The van der Waals surface area contributed by atoms with Gasteiger partial charge in [-0.25, -0.2) is 0 Å². The maximum absolute atomic E-state index is 12.0. The molecular weight excluding hydrogens is 268 g/mol. The normalized spacial score (nSPS) is 15.7. The van der Waals surface area contributed by atoms with E-state index in [1.54, 1.807) is 17.4 Å². The average Bonchev–Trinajstić information content (AvgIpc) is 2.94. The van der Waals surface area contributed by atoms with Crippen LogP contribution in [0.3, 0.4) is 0 Å². The van der Waals surface area contributed by atoms with E-state index in [2.05, 4.69) is 6.07 Å². The van der Waals surface area contributed by atoms with Gasteiger partial charge in [0.15, 0.2) is 0 Å². The summed E-state index contributed by atoms with van der Waals surface area (Å²) in [6.45, 7) is 1.77. The maximum atomic E-state index is 12.0. The quantitative estimate of drug-likeness (QED) is 0.863. The third-order valence-electron chi connectivity index (χ3n) is 3.84. The summed E-state index contributed by atoms with van der Waals surface area (Å²) >= 11 is 0. The lowest BCUT2D eigenvalue weighted by Gasteiger charge is -2.30. The van der Waals surface area contributed by atoms with Gasteiger partial charge in [-0.05, 0) is 31.4 Å². The summed E-state index contributed by atoms with van der Waals surface area (Å²) in [6.07, 6.45) is 5.34. The molecule has 1 fully saturated rings. The minimum atomic E-state index is -0.275. The Balaban J connectivity index is 1.73. The molecule has 0 bridgehead atoms. The number of likely N-dealkylation sites (tertiary alicyclic amines) is 1. The van der Waals surface area contributed by atoms with Crippen LogP contribution in [-0.2, 0) is 16.1 Å². The molecule has 0 aromatic carbocycles. The molecule has 1 aromatic heterocycles. The van der Waals surface area contributed by atoms with Crippen molar-refractivity contribution in [1.29, 1.82) is 5.26 Å². The first kappa shape index (κ1) is 15.1. The van der Waals surface area contributed by atoms with Gasteiger partial charge in [0.25, 0.3) is 0 Å². The van der Waals surface area contributed by atoms with E-state index in [0.29, 0.717) is 44.6 Å². The number of hydrogen-bond acceptors (Lipinski definition) is 3. The number of nitrogens with zero attached hydrogens (tertiary/aromatic N) is 3. The van der Waals surface area contributed by atoms with Crippen LogP contribution in [0.2, 0.25) is 0 Å². The summed E-state index contributed by atoms with van der Waals surface area (Å²) in [5.41, 5.74) is 5.87. The molecule has 0 spiro atoms. The van der Waals surface area contributed by atoms with E-state index < -0.39 is 0 Å². The Kier molecular flexibility index (Phi) is 4.99. The van der Waals surface area contributed by atoms with Crippen LogP contribution in [-0.4, -0.2) is 34.4 Å². The zero-order chi connectivity index (χ0) is 15.2. The van der Waals surface area contributed by atoms with E-state index in [-0.39, 0.29) is 17.7 Å². The van der Waals surface area contributed by atoms with Crippen LogP contribution in [0.5, 0.6) is 0 Å². The predicted molar refractivity (Wildman–Crippen MR) is 76.6 cm³/mol. The number of carbonyl (C=O) groups is 2. The van der Waals surface area contributed by atoms with E-state index >= 15 is 0 Å². The Morgan fingerprint density at radius 1 is 1.43 bits per heavy atom. The van der Waals surface area contributed by atoms with Crippen LogP contribution in [0, 0.1) is 23.7 Å². The Morgan fingerprint density at radius 2 is 2.14 bits per heavy atom. The summed E-state index contributed by atoms with van der Waals surface area (Å²) in [7, 11) is 0. The second-order valence-corrected chi connectivity index (χ2v) is 5.19. The molecule has 2 rings (SSSR count). The first-order valence-electron chi connectivity index (χ1n) is 7.08. The van der Waals surface area contributed by atoms with Gasteiger partial charge in [0, 0.05) is 31.7 Å². The van der Waals surface area contributed by atoms with Gasteiger partial charge in [-0.3, -0.25) is 9.59 Å². The molecule has 6 heteroatoms. The van der Waals surface area contributed by atoms with Crippen molar-refractivity contribution in [2.45, 2.75) is 25.8 Å². The Labute approximate surface area is 124 Å². The molecule has 1 radical (unpaired) electrons. The number of nitriles is 1. The predicted octanol–water partition coefficient (Wildman–Crippen LogP) is 0.678. The van der Waals surface area contributed by atoms with Crippen LogP contribution in [0.4, 0.5) is 0 Å². The highest BCUT2D eigenvalue weighted by Gasteiger charge is 2.25. The van der Waals surface area contributed by atoms with Gasteiger partial charge in [0.1, 0.15) is 11.8 Å². The standard InChI is InChI=1S/C15H19N4O2/c16-11-13-3-1-7-18(13)8-2-4-14(20)19-9-5-12(6-10-19)15(17)21/h1,3-4,7,12H,2,5-6,8-10H2,(H2,17,21). The SMILES string of the molecule is N#Cc1cccn1CC[CH]C(=O)N1CCC(C(N)=O)CC1. The number of aryl methyl sites for hydroxylation is 1. The number of carbonyl (C=O) groups excluding carboxylic acids is 2. The number of aromatic nitrogens is 1. The topological polar surface area (TPSA) is 92.1 Å². The molecule has 0 saturated carbocycles. The first-order chi connectivity index (χ1) is 10.1. The van der Waals surface area contributed by atoms with Crippen molar-refractivity contribution in [3.05, 3.63) is 30.4 Å². The molecule has 1 aliphatic rings. The fourth-order valence-electron chi connectivity index (χ4n) is 2.55. The zero-order valence-corrected chi connectivity index (χ0v) is 11.9. The smallest absolute Gasteiger partial charge is 0.226 e. The van der Waals surface area contributed by atoms with E-state index in [1.165, 1.54) is 0 Å². The Morgan fingerprint density at radius 3 is 2.76 bits per heavy atom.